The maximum Gasteiger partial charge on any atom is 0.321 e. The standard InChI is InChI=1S/C20H20N2O6S/c1-4-26-14-5-7-15(8-6-14)27-18(23)12-29-20-22-21-19(28-20)13-9-16(24-2)11-17(10-13)25-3/h5-11H,4,12H2,1-3H3. The lowest BCUT2D eigenvalue weighted by Crippen LogP contribution is -2.10. The molecular formula is C20H20N2O6S. The van der Waals surface area contributed by atoms with Crippen LogP contribution in [0.25, 0.3) is 11.5 Å². The van der Waals surface area contributed by atoms with E-state index in [0.29, 0.717) is 41.1 Å². The Morgan fingerprint density at radius 2 is 1.62 bits per heavy atom. The van der Waals surface area contributed by atoms with Gasteiger partial charge in [0.15, 0.2) is 0 Å². The maximum absolute atomic E-state index is 12.0. The van der Waals surface area contributed by atoms with Crippen molar-refractivity contribution in [2.24, 2.45) is 0 Å². The third kappa shape index (κ3) is 5.64. The quantitative estimate of drug-likeness (QED) is 0.293. The molecule has 0 spiro atoms. The number of aromatic nitrogens is 2. The Kier molecular flexibility index (Phi) is 6.96. The fourth-order valence-corrected chi connectivity index (χ4v) is 2.90. The Labute approximate surface area is 172 Å². The highest BCUT2D eigenvalue weighted by molar-refractivity contribution is 7.99. The molecule has 0 amide bonds. The summed E-state index contributed by atoms with van der Waals surface area (Å²) in [4.78, 5) is 12.0. The molecule has 0 unspecified atom stereocenters. The van der Waals surface area contributed by atoms with Crippen molar-refractivity contribution in [1.82, 2.24) is 10.2 Å². The SMILES string of the molecule is CCOc1ccc(OC(=O)CSc2nnc(-c3cc(OC)cc(OC)c3)o2)cc1. The molecule has 0 fully saturated rings. The molecule has 0 aliphatic rings. The largest absolute Gasteiger partial charge is 0.497 e. The number of esters is 1. The maximum atomic E-state index is 12.0. The van der Waals surface area contributed by atoms with Gasteiger partial charge in [-0.2, -0.15) is 0 Å². The highest BCUT2D eigenvalue weighted by Gasteiger charge is 2.14. The van der Waals surface area contributed by atoms with Crippen molar-refractivity contribution in [2.45, 2.75) is 12.1 Å². The van der Waals surface area contributed by atoms with Gasteiger partial charge in [-0.15, -0.1) is 10.2 Å². The van der Waals surface area contributed by atoms with Crippen LogP contribution in [0.2, 0.25) is 0 Å². The van der Waals surface area contributed by atoms with E-state index in [-0.39, 0.29) is 11.0 Å². The van der Waals surface area contributed by atoms with Gasteiger partial charge in [0.2, 0.25) is 5.89 Å². The molecule has 0 saturated heterocycles. The molecular weight excluding hydrogens is 396 g/mol. The van der Waals surface area contributed by atoms with Crippen LogP contribution < -0.4 is 18.9 Å². The average molecular weight is 416 g/mol. The lowest BCUT2D eigenvalue weighted by atomic mass is 10.2. The minimum atomic E-state index is -0.429. The summed E-state index contributed by atoms with van der Waals surface area (Å²) in [5.74, 6) is 2.25. The minimum absolute atomic E-state index is 0.0241. The molecule has 0 atom stereocenters. The van der Waals surface area contributed by atoms with Gasteiger partial charge < -0.3 is 23.4 Å². The summed E-state index contributed by atoms with van der Waals surface area (Å²) in [6.45, 7) is 2.48. The molecule has 8 nitrogen and oxygen atoms in total. The fourth-order valence-electron chi connectivity index (χ4n) is 2.37. The van der Waals surface area contributed by atoms with Gasteiger partial charge in [-0.1, -0.05) is 11.8 Å². The Morgan fingerprint density at radius 3 is 2.24 bits per heavy atom. The van der Waals surface area contributed by atoms with Crippen LogP contribution in [0.4, 0.5) is 0 Å². The second kappa shape index (κ2) is 9.83. The molecule has 3 rings (SSSR count). The summed E-state index contributed by atoms with van der Waals surface area (Å²) >= 11 is 1.09. The van der Waals surface area contributed by atoms with Crippen molar-refractivity contribution in [3.8, 4) is 34.5 Å². The predicted molar refractivity (Wildman–Crippen MR) is 107 cm³/mol. The number of nitrogens with zero attached hydrogens (tertiary/aromatic N) is 2. The number of benzene rings is 2. The molecule has 9 heteroatoms. The number of hydrogen-bond donors (Lipinski definition) is 0. The molecule has 0 N–H and O–H groups in total. The van der Waals surface area contributed by atoms with Crippen LogP contribution in [0, 0.1) is 0 Å². The van der Waals surface area contributed by atoms with E-state index in [1.54, 1.807) is 56.7 Å². The number of rotatable bonds is 9. The zero-order chi connectivity index (χ0) is 20.6. The van der Waals surface area contributed by atoms with Crippen LogP contribution in [0.3, 0.4) is 0 Å². The van der Waals surface area contributed by atoms with Gasteiger partial charge in [0.25, 0.3) is 5.22 Å². The van der Waals surface area contributed by atoms with E-state index in [9.17, 15) is 4.79 Å². The molecule has 1 aromatic heterocycles. The molecule has 29 heavy (non-hydrogen) atoms. The highest BCUT2D eigenvalue weighted by atomic mass is 32.2. The number of carbonyl (C=O) groups is 1. The van der Waals surface area contributed by atoms with Crippen molar-refractivity contribution in [1.29, 1.82) is 0 Å². The van der Waals surface area contributed by atoms with Crippen molar-refractivity contribution in [3.63, 3.8) is 0 Å². The molecule has 3 aromatic rings. The second-order valence-electron chi connectivity index (χ2n) is 5.64. The first-order valence-corrected chi connectivity index (χ1v) is 9.73. The second-order valence-corrected chi connectivity index (χ2v) is 6.57. The average Bonchev–Trinajstić information content (AvgIpc) is 3.22. The van der Waals surface area contributed by atoms with Crippen molar-refractivity contribution < 1.29 is 28.2 Å². The lowest BCUT2D eigenvalue weighted by molar-refractivity contribution is -0.131. The van der Waals surface area contributed by atoms with E-state index in [0.717, 1.165) is 11.8 Å². The third-order valence-electron chi connectivity index (χ3n) is 3.68. The van der Waals surface area contributed by atoms with Crippen LogP contribution in [0.5, 0.6) is 23.0 Å². The molecule has 0 radical (unpaired) electrons. The van der Waals surface area contributed by atoms with Crippen LogP contribution in [0.15, 0.2) is 52.1 Å². The number of thioether (sulfide) groups is 1. The third-order valence-corrected chi connectivity index (χ3v) is 4.48. The fraction of sp³-hybridized carbons (Fsp3) is 0.250. The summed E-state index contributed by atoms with van der Waals surface area (Å²) < 4.78 is 26.7. The van der Waals surface area contributed by atoms with E-state index >= 15 is 0 Å². The smallest absolute Gasteiger partial charge is 0.321 e. The van der Waals surface area contributed by atoms with Gasteiger partial charge in [-0.3, -0.25) is 4.79 Å². The highest BCUT2D eigenvalue weighted by Crippen LogP contribution is 2.30. The molecule has 1 heterocycles. The van der Waals surface area contributed by atoms with Gasteiger partial charge in [0.1, 0.15) is 28.8 Å². The van der Waals surface area contributed by atoms with Crippen LogP contribution in [0.1, 0.15) is 6.92 Å². The molecule has 152 valence electrons. The topological polar surface area (TPSA) is 92.9 Å². The zero-order valence-corrected chi connectivity index (χ0v) is 17.0. The van der Waals surface area contributed by atoms with Crippen molar-refractivity contribution in [3.05, 3.63) is 42.5 Å². The molecule has 0 saturated carbocycles. The summed E-state index contributed by atoms with van der Waals surface area (Å²) in [5, 5.41) is 8.22. The Hall–Kier alpha value is -3.20. The zero-order valence-electron chi connectivity index (χ0n) is 16.2. The number of methoxy groups -OCH3 is 2. The van der Waals surface area contributed by atoms with Crippen LogP contribution in [-0.2, 0) is 4.79 Å². The van der Waals surface area contributed by atoms with Crippen LogP contribution >= 0.6 is 11.8 Å². The summed E-state index contributed by atoms with van der Waals surface area (Å²) in [6.07, 6.45) is 0. The van der Waals surface area contributed by atoms with Gasteiger partial charge in [-0.05, 0) is 43.3 Å². The van der Waals surface area contributed by atoms with E-state index in [1.165, 1.54) is 0 Å². The first-order valence-electron chi connectivity index (χ1n) is 8.74. The monoisotopic (exact) mass is 416 g/mol. The van der Waals surface area contributed by atoms with Crippen molar-refractivity contribution in [2.75, 3.05) is 26.6 Å². The molecule has 0 aliphatic carbocycles. The summed E-state index contributed by atoms with van der Waals surface area (Å²) in [6, 6.07) is 12.1. The Morgan fingerprint density at radius 1 is 0.966 bits per heavy atom. The van der Waals surface area contributed by atoms with E-state index in [1.807, 2.05) is 6.92 Å². The van der Waals surface area contributed by atoms with Crippen molar-refractivity contribution >= 4 is 17.7 Å². The van der Waals surface area contributed by atoms with Gasteiger partial charge in [0.05, 0.1) is 20.8 Å². The number of ether oxygens (including phenoxy) is 4. The molecule has 2 aromatic carbocycles. The summed E-state index contributed by atoms with van der Waals surface area (Å²) in [5.41, 5.74) is 0.650. The van der Waals surface area contributed by atoms with E-state index in [2.05, 4.69) is 10.2 Å². The molecule has 0 bridgehead atoms. The van der Waals surface area contributed by atoms with Gasteiger partial charge in [-0.25, -0.2) is 0 Å². The normalized spacial score (nSPS) is 10.4. The van der Waals surface area contributed by atoms with Crippen LogP contribution in [-0.4, -0.2) is 42.7 Å². The minimum Gasteiger partial charge on any atom is -0.497 e. The first kappa shape index (κ1) is 20.5. The Bertz CT molecular complexity index is 936. The number of carbonyl (C=O) groups excluding carboxylic acids is 1. The van der Waals surface area contributed by atoms with Gasteiger partial charge >= 0.3 is 5.97 Å². The summed E-state index contributed by atoms with van der Waals surface area (Å²) in [7, 11) is 3.12. The lowest BCUT2D eigenvalue weighted by Gasteiger charge is -2.06. The van der Waals surface area contributed by atoms with Gasteiger partial charge in [0, 0.05) is 11.6 Å². The van der Waals surface area contributed by atoms with E-state index < -0.39 is 5.97 Å². The Balaban J connectivity index is 1.58. The number of hydrogen-bond acceptors (Lipinski definition) is 9. The van der Waals surface area contributed by atoms with E-state index in [4.69, 9.17) is 23.4 Å². The predicted octanol–water partition coefficient (Wildman–Crippen LogP) is 3.85. The molecule has 0 aliphatic heterocycles. The first-order chi connectivity index (χ1) is 14.1.